The fourth-order valence-electron chi connectivity index (χ4n) is 1.49. The van der Waals surface area contributed by atoms with Crippen molar-refractivity contribution in [3.05, 3.63) is 29.3 Å². The molecule has 1 heterocycles. The Bertz CT molecular complexity index is 408. The van der Waals surface area contributed by atoms with Crippen LogP contribution in [-0.4, -0.2) is 23.8 Å². The van der Waals surface area contributed by atoms with Crippen molar-refractivity contribution >= 4 is 21.6 Å². The first kappa shape index (κ1) is 10.5. The van der Waals surface area contributed by atoms with Gasteiger partial charge in [0.1, 0.15) is 11.1 Å². The third-order valence-electron chi connectivity index (χ3n) is 2.26. The Morgan fingerprint density at radius 1 is 1.47 bits per heavy atom. The summed E-state index contributed by atoms with van der Waals surface area (Å²) in [6.45, 7) is 0.119. The zero-order valence-electron chi connectivity index (χ0n) is 8.51. The molecule has 4 heteroatoms. The summed E-state index contributed by atoms with van der Waals surface area (Å²) in [6, 6.07) is 8.00. The van der Waals surface area contributed by atoms with Crippen LogP contribution in [0.2, 0.25) is 0 Å². The highest BCUT2D eigenvalue weighted by atomic mass is 32.1. The number of ether oxygens (including phenoxy) is 1. The van der Waals surface area contributed by atoms with E-state index in [-0.39, 0.29) is 12.7 Å². The highest BCUT2D eigenvalue weighted by Crippen LogP contribution is 2.29. The first-order chi connectivity index (χ1) is 7.35. The second-order valence-electron chi connectivity index (χ2n) is 3.26. The van der Waals surface area contributed by atoms with Gasteiger partial charge in [-0.1, -0.05) is 12.1 Å². The molecular weight excluding hydrogens is 210 g/mol. The van der Waals surface area contributed by atoms with E-state index in [0.29, 0.717) is 6.42 Å². The average molecular weight is 223 g/mol. The molecule has 80 valence electrons. The second-order valence-corrected chi connectivity index (χ2v) is 4.32. The van der Waals surface area contributed by atoms with Gasteiger partial charge in [0, 0.05) is 20.1 Å². The van der Waals surface area contributed by atoms with Crippen molar-refractivity contribution in [3.63, 3.8) is 0 Å². The number of methoxy groups -OCH3 is 1. The summed E-state index contributed by atoms with van der Waals surface area (Å²) in [4.78, 5) is 4.48. The predicted molar refractivity (Wildman–Crippen MR) is 61.1 cm³/mol. The summed E-state index contributed by atoms with van der Waals surface area (Å²) in [6.07, 6.45) is 0.503. The van der Waals surface area contributed by atoms with E-state index in [9.17, 15) is 0 Å². The van der Waals surface area contributed by atoms with Crippen LogP contribution in [0.1, 0.15) is 17.5 Å². The Morgan fingerprint density at radius 3 is 2.93 bits per heavy atom. The Labute approximate surface area is 92.3 Å². The second kappa shape index (κ2) is 4.70. The van der Waals surface area contributed by atoms with E-state index in [4.69, 9.17) is 9.84 Å². The van der Waals surface area contributed by atoms with Crippen molar-refractivity contribution < 1.29 is 9.84 Å². The zero-order chi connectivity index (χ0) is 10.7. The van der Waals surface area contributed by atoms with Gasteiger partial charge >= 0.3 is 0 Å². The third kappa shape index (κ3) is 2.17. The van der Waals surface area contributed by atoms with Crippen LogP contribution in [0.4, 0.5) is 0 Å². The van der Waals surface area contributed by atoms with Crippen LogP contribution in [0.5, 0.6) is 0 Å². The molecule has 0 aliphatic carbocycles. The van der Waals surface area contributed by atoms with Crippen molar-refractivity contribution in [2.24, 2.45) is 0 Å². The lowest BCUT2D eigenvalue weighted by Crippen LogP contribution is -2.02. The molecule has 0 saturated carbocycles. The van der Waals surface area contributed by atoms with Gasteiger partial charge in [-0.2, -0.15) is 0 Å². The van der Waals surface area contributed by atoms with Crippen LogP contribution in [0.25, 0.3) is 10.2 Å². The van der Waals surface area contributed by atoms with Gasteiger partial charge in [-0.15, -0.1) is 11.3 Å². The standard InChI is InChI=1S/C11H13NO2S/c1-14-9(6-7-13)11-12-8-4-2-3-5-10(8)15-11/h2-5,9,13H,6-7H2,1H3/t9-/m0/s1. The predicted octanol–water partition coefficient (Wildman–Crippen LogP) is 2.37. The smallest absolute Gasteiger partial charge is 0.123 e. The number of para-hydroxylation sites is 1. The van der Waals surface area contributed by atoms with Gasteiger partial charge in [0.2, 0.25) is 0 Å². The molecule has 2 rings (SSSR count). The molecule has 0 spiro atoms. The van der Waals surface area contributed by atoms with Crippen LogP contribution in [0.3, 0.4) is 0 Å². The van der Waals surface area contributed by atoms with Crippen molar-refractivity contribution in [1.29, 1.82) is 0 Å². The van der Waals surface area contributed by atoms with Crippen molar-refractivity contribution in [3.8, 4) is 0 Å². The molecule has 0 bridgehead atoms. The number of nitrogens with zero attached hydrogens (tertiary/aromatic N) is 1. The molecule has 0 fully saturated rings. The SMILES string of the molecule is CO[C@@H](CCO)c1nc2ccccc2s1. The maximum Gasteiger partial charge on any atom is 0.123 e. The Morgan fingerprint density at radius 2 is 2.27 bits per heavy atom. The molecule has 0 aliphatic rings. The molecule has 0 aliphatic heterocycles. The zero-order valence-corrected chi connectivity index (χ0v) is 9.33. The largest absolute Gasteiger partial charge is 0.396 e. The molecular formula is C11H13NO2S. The number of aliphatic hydroxyl groups is 1. The van der Waals surface area contributed by atoms with Crippen LogP contribution in [0.15, 0.2) is 24.3 Å². The summed E-state index contributed by atoms with van der Waals surface area (Å²) in [5, 5.41) is 9.84. The molecule has 1 aromatic heterocycles. The molecule has 15 heavy (non-hydrogen) atoms. The topological polar surface area (TPSA) is 42.4 Å². The van der Waals surface area contributed by atoms with E-state index < -0.39 is 0 Å². The first-order valence-corrected chi connectivity index (χ1v) is 5.66. The summed E-state index contributed by atoms with van der Waals surface area (Å²) >= 11 is 1.62. The van der Waals surface area contributed by atoms with Gasteiger partial charge in [0.05, 0.1) is 10.2 Å². The highest BCUT2D eigenvalue weighted by Gasteiger charge is 2.14. The number of thiazole rings is 1. The van der Waals surface area contributed by atoms with Gasteiger partial charge < -0.3 is 9.84 Å². The van der Waals surface area contributed by atoms with Crippen LogP contribution < -0.4 is 0 Å². The molecule has 1 atom stereocenters. The van der Waals surface area contributed by atoms with Crippen molar-refractivity contribution in [2.45, 2.75) is 12.5 Å². The number of aromatic nitrogens is 1. The Balaban J connectivity index is 2.34. The number of hydrogen-bond donors (Lipinski definition) is 1. The number of rotatable bonds is 4. The number of aliphatic hydroxyl groups excluding tert-OH is 1. The molecule has 0 radical (unpaired) electrons. The summed E-state index contributed by atoms with van der Waals surface area (Å²) in [5.41, 5.74) is 0.998. The molecule has 0 unspecified atom stereocenters. The fraction of sp³-hybridized carbons (Fsp3) is 0.364. The highest BCUT2D eigenvalue weighted by molar-refractivity contribution is 7.18. The molecule has 2 aromatic rings. The van der Waals surface area contributed by atoms with Gasteiger partial charge in [0.15, 0.2) is 0 Å². The van der Waals surface area contributed by atoms with Crippen LogP contribution in [-0.2, 0) is 4.74 Å². The summed E-state index contributed by atoms with van der Waals surface area (Å²) < 4.78 is 6.45. The number of benzene rings is 1. The Kier molecular flexibility index (Phi) is 3.30. The lowest BCUT2D eigenvalue weighted by Gasteiger charge is -2.09. The van der Waals surface area contributed by atoms with E-state index >= 15 is 0 Å². The maximum absolute atomic E-state index is 8.90. The minimum atomic E-state index is -0.0904. The van der Waals surface area contributed by atoms with Crippen LogP contribution >= 0.6 is 11.3 Å². The molecule has 1 N–H and O–H groups in total. The van der Waals surface area contributed by atoms with E-state index in [0.717, 1.165) is 15.2 Å². The van der Waals surface area contributed by atoms with Gasteiger partial charge in [0.25, 0.3) is 0 Å². The van der Waals surface area contributed by atoms with Gasteiger partial charge in [-0.05, 0) is 12.1 Å². The van der Waals surface area contributed by atoms with Gasteiger partial charge in [-0.3, -0.25) is 0 Å². The maximum atomic E-state index is 8.90. The monoisotopic (exact) mass is 223 g/mol. The molecule has 0 amide bonds. The van der Waals surface area contributed by atoms with E-state index in [1.807, 2.05) is 24.3 Å². The molecule has 1 aromatic carbocycles. The van der Waals surface area contributed by atoms with E-state index in [1.54, 1.807) is 18.4 Å². The van der Waals surface area contributed by atoms with Crippen molar-refractivity contribution in [1.82, 2.24) is 4.98 Å². The quantitative estimate of drug-likeness (QED) is 0.865. The summed E-state index contributed by atoms with van der Waals surface area (Å²) in [5.74, 6) is 0. The van der Waals surface area contributed by atoms with E-state index in [1.165, 1.54) is 0 Å². The lowest BCUT2D eigenvalue weighted by molar-refractivity contribution is 0.0775. The van der Waals surface area contributed by atoms with Crippen molar-refractivity contribution in [2.75, 3.05) is 13.7 Å². The minimum absolute atomic E-state index is 0.0904. The molecule has 0 saturated heterocycles. The fourth-order valence-corrected chi connectivity index (χ4v) is 2.57. The van der Waals surface area contributed by atoms with E-state index in [2.05, 4.69) is 4.98 Å². The molecule has 3 nitrogen and oxygen atoms in total. The third-order valence-corrected chi connectivity index (χ3v) is 3.39. The van der Waals surface area contributed by atoms with Gasteiger partial charge in [-0.25, -0.2) is 4.98 Å². The minimum Gasteiger partial charge on any atom is -0.396 e. The van der Waals surface area contributed by atoms with Crippen LogP contribution in [0, 0.1) is 0 Å². The number of hydrogen-bond acceptors (Lipinski definition) is 4. The Hall–Kier alpha value is -0.970. The lowest BCUT2D eigenvalue weighted by atomic mass is 10.3. The first-order valence-electron chi connectivity index (χ1n) is 4.84. The normalized spacial score (nSPS) is 13.2. The average Bonchev–Trinajstić information content (AvgIpc) is 2.69. The summed E-state index contributed by atoms with van der Waals surface area (Å²) in [7, 11) is 1.65. The number of fused-ring (bicyclic) bond motifs is 1.